The van der Waals surface area contributed by atoms with Gasteiger partial charge in [0.1, 0.15) is 5.82 Å². The molecule has 0 saturated carbocycles. The molecule has 2 fully saturated rings. The third-order valence-electron chi connectivity index (χ3n) is 6.69. The van der Waals surface area contributed by atoms with E-state index in [1.165, 1.54) is 22.9 Å². The Morgan fingerprint density at radius 1 is 1.03 bits per heavy atom. The second kappa shape index (κ2) is 9.69. The normalized spacial score (nSPS) is 19.7. The summed E-state index contributed by atoms with van der Waals surface area (Å²) >= 11 is 0. The summed E-state index contributed by atoms with van der Waals surface area (Å²) in [5.74, 6) is -0.465. The highest BCUT2D eigenvalue weighted by molar-refractivity contribution is 5.89. The number of nitrogens with one attached hydrogen (secondary N) is 1. The molecule has 2 heterocycles. The van der Waals surface area contributed by atoms with Crippen molar-refractivity contribution in [1.29, 1.82) is 0 Å². The second-order valence-corrected chi connectivity index (χ2v) is 8.66. The maximum absolute atomic E-state index is 14.1. The van der Waals surface area contributed by atoms with E-state index in [4.69, 9.17) is 0 Å². The maximum Gasteiger partial charge on any atom is 0.237 e. The SMILES string of the molecule is Cc1cccc(N2CCN(C(=O)CC3C(=O)NCCN3Cc3ccccc3F)CC2)c1C. The Hall–Kier alpha value is -2.93. The molecular weight excluding hydrogens is 407 g/mol. The van der Waals surface area contributed by atoms with Gasteiger partial charge in [-0.05, 0) is 37.1 Å². The number of halogens is 1. The summed E-state index contributed by atoms with van der Waals surface area (Å²) in [4.78, 5) is 31.7. The number of carbonyl (C=O) groups excluding carboxylic acids is 2. The van der Waals surface area contributed by atoms with Gasteiger partial charge in [0.15, 0.2) is 0 Å². The Morgan fingerprint density at radius 3 is 2.53 bits per heavy atom. The lowest BCUT2D eigenvalue weighted by molar-refractivity contribution is -0.139. The molecule has 6 nitrogen and oxygen atoms in total. The Kier molecular flexibility index (Phi) is 6.74. The summed E-state index contributed by atoms with van der Waals surface area (Å²) in [6.45, 7) is 8.47. The number of nitrogens with zero attached hydrogens (tertiary/aromatic N) is 3. The molecule has 4 rings (SSSR count). The van der Waals surface area contributed by atoms with Crippen molar-refractivity contribution < 1.29 is 14.0 Å². The zero-order valence-electron chi connectivity index (χ0n) is 18.8. The highest BCUT2D eigenvalue weighted by Gasteiger charge is 2.34. The summed E-state index contributed by atoms with van der Waals surface area (Å²) < 4.78 is 14.1. The number of anilines is 1. The van der Waals surface area contributed by atoms with Crippen LogP contribution >= 0.6 is 0 Å². The second-order valence-electron chi connectivity index (χ2n) is 8.66. The minimum atomic E-state index is -0.576. The predicted molar refractivity (Wildman–Crippen MR) is 123 cm³/mol. The molecule has 7 heteroatoms. The van der Waals surface area contributed by atoms with Crippen molar-refractivity contribution in [1.82, 2.24) is 15.1 Å². The Labute approximate surface area is 189 Å². The molecular formula is C25H31FN4O2. The van der Waals surface area contributed by atoms with Gasteiger partial charge >= 0.3 is 0 Å². The van der Waals surface area contributed by atoms with Gasteiger partial charge in [0.25, 0.3) is 0 Å². The molecule has 0 radical (unpaired) electrons. The number of carbonyl (C=O) groups is 2. The topological polar surface area (TPSA) is 55.9 Å². The first-order valence-electron chi connectivity index (χ1n) is 11.3. The molecule has 0 aromatic heterocycles. The molecule has 2 aromatic carbocycles. The average Bonchev–Trinajstić information content (AvgIpc) is 2.79. The van der Waals surface area contributed by atoms with Crippen LogP contribution in [0.3, 0.4) is 0 Å². The Morgan fingerprint density at radius 2 is 1.78 bits per heavy atom. The molecule has 1 N–H and O–H groups in total. The first-order valence-corrected chi connectivity index (χ1v) is 11.3. The van der Waals surface area contributed by atoms with Crippen molar-refractivity contribution in [3.8, 4) is 0 Å². The van der Waals surface area contributed by atoms with E-state index in [9.17, 15) is 14.0 Å². The number of amides is 2. The highest BCUT2D eigenvalue weighted by atomic mass is 19.1. The summed E-state index contributed by atoms with van der Waals surface area (Å²) in [5.41, 5.74) is 4.30. The molecule has 1 unspecified atom stereocenters. The Bertz CT molecular complexity index is 988. The van der Waals surface area contributed by atoms with Gasteiger partial charge in [-0.15, -0.1) is 0 Å². The fraction of sp³-hybridized carbons (Fsp3) is 0.440. The third-order valence-corrected chi connectivity index (χ3v) is 6.69. The van der Waals surface area contributed by atoms with E-state index in [0.29, 0.717) is 38.3 Å². The van der Waals surface area contributed by atoms with Crippen molar-refractivity contribution in [2.24, 2.45) is 0 Å². The molecule has 0 bridgehead atoms. The minimum Gasteiger partial charge on any atom is -0.368 e. The van der Waals surface area contributed by atoms with Gasteiger partial charge in [0, 0.05) is 57.1 Å². The number of rotatable bonds is 5. The first kappa shape index (κ1) is 22.3. The van der Waals surface area contributed by atoms with E-state index in [2.05, 4.69) is 42.3 Å². The third kappa shape index (κ3) is 4.78. The molecule has 170 valence electrons. The zero-order valence-corrected chi connectivity index (χ0v) is 18.8. The van der Waals surface area contributed by atoms with E-state index < -0.39 is 6.04 Å². The molecule has 32 heavy (non-hydrogen) atoms. The summed E-state index contributed by atoms with van der Waals surface area (Å²) in [6, 6.07) is 12.3. The minimum absolute atomic E-state index is 0.0220. The van der Waals surface area contributed by atoms with Crippen LogP contribution in [0.25, 0.3) is 0 Å². The van der Waals surface area contributed by atoms with Gasteiger partial charge in [-0.2, -0.15) is 0 Å². The maximum atomic E-state index is 14.1. The quantitative estimate of drug-likeness (QED) is 0.779. The smallest absolute Gasteiger partial charge is 0.237 e. The summed E-state index contributed by atoms with van der Waals surface area (Å²) in [5, 5.41) is 2.86. The van der Waals surface area contributed by atoms with Gasteiger partial charge in [-0.25, -0.2) is 4.39 Å². The van der Waals surface area contributed by atoms with Crippen LogP contribution in [0, 0.1) is 19.7 Å². The highest BCUT2D eigenvalue weighted by Crippen LogP contribution is 2.24. The van der Waals surface area contributed by atoms with E-state index in [1.54, 1.807) is 18.2 Å². The van der Waals surface area contributed by atoms with Crippen molar-refractivity contribution in [3.05, 3.63) is 65.0 Å². The number of hydrogen-bond donors (Lipinski definition) is 1. The fourth-order valence-electron chi connectivity index (χ4n) is 4.59. The molecule has 2 saturated heterocycles. The van der Waals surface area contributed by atoms with Gasteiger partial charge in [0.05, 0.1) is 12.5 Å². The lowest BCUT2D eigenvalue weighted by Crippen LogP contribution is -2.57. The number of piperazine rings is 2. The van der Waals surface area contributed by atoms with Crippen LogP contribution in [0.1, 0.15) is 23.1 Å². The van der Waals surface area contributed by atoms with E-state index in [1.807, 2.05) is 9.80 Å². The van der Waals surface area contributed by atoms with Gasteiger partial charge < -0.3 is 15.1 Å². The van der Waals surface area contributed by atoms with Crippen LogP contribution in [-0.4, -0.2) is 66.9 Å². The molecule has 2 aliphatic rings. The van der Waals surface area contributed by atoms with Crippen LogP contribution in [0.15, 0.2) is 42.5 Å². The van der Waals surface area contributed by atoms with Crippen molar-refractivity contribution in [3.63, 3.8) is 0 Å². The lowest BCUT2D eigenvalue weighted by atomic mass is 10.0. The summed E-state index contributed by atoms with van der Waals surface area (Å²) in [7, 11) is 0. The molecule has 2 aliphatic heterocycles. The van der Waals surface area contributed by atoms with E-state index in [0.717, 1.165) is 13.1 Å². The Balaban J connectivity index is 1.38. The monoisotopic (exact) mass is 438 g/mol. The number of aryl methyl sites for hydroxylation is 1. The van der Waals surface area contributed by atoms with E-state index >= 15 is 0 Å². The number of hydrogen-bond acceptors (Lipinski definition) is 4. The van der Waals surface area contributed by atoms with Crippen LogP contribution in [0.4, 0.5) is 10.1 Å². The predicted octanol–water partition coefficient (Wildman–Crippen LogP) is 2.48. The van der Waals surface area contributed by atoms with Crippen molar-refractivity contribution in [2.45, 2.75) is 32.9 Å². The molecule has 1 atom stereocenters. The standard InChI is InChI=1S/C25H31FN4O2/c1-18-6-5-9-22(19(18)2)28-12-14-29(15-13-28)24(31)16-23-25(32)27-10-11-30(23)17-20-7-3-4-8-21(20)26/h3-9,23H,10-17H2,1-2H3,(H,27,32). The van der Waals surface area contributed by atoms with Crippen LogP contribution < -0.4 is 10.2 Å². The van der Waals surface area contributed by atoms with Crippen LogP contribution in [-0.2, 0) is 16.1 Å². The van der Waals surface area contributed by atoms with Gasteiger partial charge in [-0.3, -0.25) is 14.5 Å². The largest absolute Gasteiger partial charge is 0.368 e. The zero-order chi connectivity index (χ0) is 22.7. The van der Waals surface area contributed by atoms with E-state index in [-0.39, 0.29) is 24.1 Å². The summed E-state index contributed by atoms with van der Waals surface area (Å²) in [6.07, 6.45) is 0.115. The molecule has 0 aliphatic carbocycles. The van der Waals surface area contributed by atoms with Gasteiger partial charge in [-0.1, -0.05) is 30.3 Å². The molecule has 0 spiro atoms. The lowest BCUT2D eigenvalue weighted by Gasteiger charge is -2.39. The fourth-order valence-corrected chi connectivity index (χ4v) is 4.59. The van der Waals surface area contributed by atoms with Crippen molar-refractivity contribution >= 4 is 17.5 Å². The van der Waals surface area contributed by atoms with Crippen LogP contribution in [0.2, 0.25) is 0 Å². The van der Waals surface area contributed by atoms with Gasteiger partial charge in [0.2, 0.25) is 11.8 Å². The van der Waals surface area contributed by atoms with Crippen molar-refractivity contribution in [2.75, 3.05) is 44.2 Å². The van der Waals surface area contributed by atoms with Crippen LogP contribution in [0.5, 0.6) is 0 Å². The molecule has 2 amide bonds. The average molecular weight is 439 g/mol. The molecule has 2 aromatic rings. The first-order chi connectivity index (χ1) is 15.4. The number of benzene rings is 2.